The maximum absolute atomic E-state index is 6.22. The minimum atomic E-state index is 0.0652. The Morgan fingerprint density at radius 3 is 2.65 bits per heavy atom. The third-order valence-corrected chi connectivity index (χ3v) is 3.48. The highest BCUT2D eigenvalue weighted by molar-refractivity contribution is 6.32. The number of rotatable bonds is 3. The SMILES string of the molecule is CC(C)(C)c1cccc(Oc2nccc(CN)c2Cl)c1. The average Bonchev–Trinajstić information content (AvgIpc) is 2.40. The van der Waals surface area contributed by atoms with Crippen LogP contribution in [0.5, 0.6) is 11.6 Å². The summed E-state index contributed by atoms with van der Waals surface area (Å²) in [5, 5.41) is 0.469. The van der Waals surface area contributed by atoms with Gasteiger partial charge < -0.3 is 10.5 Å². The second-order valence-corrected chi connectivity index (χ2v) is 6.05. The molecule has 0 fully saturated rings. The van der Waals surface area contributed by atoms with Gasteiger partial charge in [-0.1, -0.05) is 44.5 Å². The molecule has 0 bridgehead atoms. The molecule has 106 valence electrons. The molecule has 2 aromatic rings. The number of halogens is 1. The number of hydrogen-bond acceptors (Lipinski definition) is 3. The van der Waals surface area contributed by atoms with Crippen LogP contribution in [0.25, 0.3) is 0 Å². The maximum atomic E-state index is 6.22. The summed E-state index contributed by atoms with van der Waals surface area (Å²) >= 11 is 6.22. The number of aromatic nitrogens is 1. The van der Waals surface area contributed by atoms with Crippen molar-refractivity contribution in [2.75, 3.05) is 0 Å². The van der Waals surface area contributed by atoms with Crippen molar-refractivity contribution >= 4 is 11.6 Å². The Bertz CT molecular complexity index is 606. The molecule has 3 nitrogen and oxygen atoms in total. The van der Waals surface area contributed by atoms with Gasteiger partial charge in [-0.2, -0.15) is 0 Å². The van der Waals surface area contributed by atoms with Gasteiger partial charge in [-0.15, -0.1) is 0 Å². The predicted molar refractivity (Wildman–Crippen MR) is 82.4 cm³/mol. The lowest BCUT2D eigenvalue weighted by atomic mass is 9.87. The van der Waals surface area contributed by atoms with E-state index in [1.807, 2.05) is 18.2 Å². The van der Waals surface area contributed by atoms with Gasteiger partial charge in [0.05, 0.1) is 0 Å². The average molecular weight is 291 g/mol. The molecule has 1 heterocycles. The summed E-state index contributed by atoms with van der Waals surface area (Å²) in [5.41, 5.74) is 7.71. The van der Waals surface area contributed by atoms with E-state index in [9.17, 15) is 0 Å². The molecular weight excluding hydrogens is 272 g/mol. The highest BCUT2D eigenvalue weighted by Crippen LogP contribution is 2.32. The lowest BCUT2D eigenvalue weighted by Gasteiger charge is -2.19. The molecule has 0 aliphatic rings. The zero-order chi connectivity index (χ0) is 14.8. The van der Waals surface area contributed by atoms with Crippen LogP contribution in [0.2, 0.25) is 5.02 Å². The van der Waals surface area contributed by atoms with Gasteiger partial charge in [-0.05, 0) is 34.7 Å². The summed E-state index contributed by atoms with van der Waals surface area (Å²) in [5.74, 6) is 1.11. The normalized spacial score (nSPS) is 11.4. The van der Waals surface area contributed by atoms with Crippen molar-refractivity contribution in [3.63, 3.8) is 0 Å². The van der Waals surface area contributed by atoms with Crippen molar-refractivity contribution in [2.24, 2.45) is 5.73 Å². The first-order valence-electron chi connectivity index (χ1n) is 6.53. The number of benzene rings is 1. The van der Waals surface area contributed by atoms with Crippen molar-refractivity contribution < 1.29 is 4.74 Å². The zero-order valence-corrected chi connectivity index (χ0v) is 12.7. The van der Waals surface area contributed by atoms with Crippen LogP contribution in [-0.2, 0) is 12.0 Å². The molecular formula is C16H19ClN2O. The lowest BCUT2D eigenvalue weighted by Crippen LogP contribution is -2.10. The minimum Gasteiger partial charge on any atom is -0.438 e. The zero-order valence-electron chi connectivity index (χ0n) is 12.0. The lowest BCUT2D eigenvalue weighted by molar-refractivity contribution is 0.459. The molecule has 0 amide bonds. The van der Waals surface area contributed by atoms with Crippen LogP contribution in [0.15, 0.2) is 36.5 Å². The van der Waals surface area contributed by atoms with E-state index in [-0.39, 0.29) is 5.41 Å². The molecule has 0 aliphatic carbocycles. The molecule has 2 rings (SSSR count). The Morgan fingerprint density at radius 2 is 2.00 bits per heavy atom. The maximum Gasteiger partial charge on any atom is 0.238 e. The fourth-order valence-corrected chi connectivity index (χ4v) is 2.06. The van der Waals surface area contributed by atoms with E-state index in [2.05, 4.69) is 31.8 Å². The van der Waals surface area contributed by atoms with Crippen molar-refractivity contribution in [2.45, 2.75) is 32.7 Å². The Morgan fingerprint density at radius 1 is 1.25 bits per heavy atom. The van der Waals surface area contributed by atoms with Crippen LogP contribution in [-0.4, -0.2) is 4.98 Å². The van der Waals surface area contributed by atoms with Crippen LogP contribution < -0.4 is 10.5 Å². The van der Waals surface area contributed by atoms with Crippen molar-refractivity contribution in [1.29, 1.82) is 0 Å². The van der Waals surface area contributed by atoms with Crippen molar-refractivity contribution in [3.8, 4) is 11.6 Å². The topological polar surface area (TPSA) is 48.1 Å². The van der Waals surface area contributed by atoms with Gasteiger partial charge in [0.2, 0.25) is 5.88 Å². The van der Waals surface area contributed by atoms with Gasteiger partial charge in [0.15, 0.2) is 0 Å². The van der Waals surface area contributed by atoms with Gasteiger partial charge in [0.1, 0.15) is 10.8 Å². The van der Waals surface area contributed by atoms with E-state index in [1.165, 1.54) is 5.56 Å². The third-order valence-electron chi connectivity index (χ3n) is 3.07. The molecule has 0 saturated carbocycles. The molecule has 0 aliphatic heterocycles. The number of nitrogens with zero attached hydrogens (tertiary/aromatic N) is 1. The van der Waals surface area contributed by atoms with Crippen molar-refractivity contribution in [3.05, 3.63) is 52.7 Å². The summed E-state index contributed by atoms with van der Waals surface area (Å²) in [7, 11) is 0. The van der Waals surface area contributed by atoms with Gasteiger partial charge in [-0.25, -0.2) is 4.98 Å². The van der Waals surface area contributed by atoms with E-state index < -0.39 is 0 Å². The molecule has 0 radical (unpaired) electrons. The Labute approximate surface area is 124 Å². The molecule has 1 aromatic heterocycles. The second-order valence-electron chi connectivity index (χ2n) is 5.67. The van der Waals surface area contributed by atoms with E-state index in [4.69, 9.17) is 22.1 Å². The number of ether oxygens (including phenoxy) is 1. The Hall–Kier alpha value is -1.58. The first-order chi connectivity index (χ1) is 9.41. The van der Waals surface area contributed by atoms with Crippen LogP contribution in [0, 0.1) is 0 Å². The van der Waals surface area contributed by atoms with Gasteiger partial charge >= 0.3 is 0 Å². The number of nitrogens with two attached hydrogens (primary N) is 1. The predicted octanol–water partition coefficient (Wildman–Crippen LogP) is 4.28. The minimum absolute atomic E-state index is 0.0652. The van der Waals surface area contributed by atoms with E-state index in [0.29, 0.717) is 17.4 Å². The highest BCUT2D eigenvalue weighted by Gasteiger charge is 2.15. The first-order valence-corrected chi connectivity index (χ1v) is 6.91. The standard InChI is InChI=1S/C16H19ClN2O/c1-16(2,3)12-5-4-6-13(9-12)20-15-14(17)11(10-18)7-8-19-15/h4-9H,10,18H2,1-3H3. The Balaban J connectivity index is 2.31. The molecule has 2 N–H and O–H groups in total. The molecule has 20 heavy (non-hydrogen) atoms. The largest absolute Gasteiger partial charge is 0.438 e. The smallest absolute Gasteiger partial charge is 0.238 e. The molecule has 4 heteroatoms. The number of pyridine rings is 1. The van der Waals surface area contributed by atoms with Crippen LogP contribution in [0.1, 0.15) is 31.9 Å². The summed E-state index contributed by atoms with van der Waals surface area (Å²) in [6, 6.07) is 9.74. The third kappa shape index (κ3) is 3.30. The number of hydrogen-bond donors (Lipinski definition) is 1. The van der Waals surface area contributed by atoms with Crippen LogP contribution in [0.4, 0.5) is 0 Å². The fourth-order valence-electron chi connectivity index (χ4n) is 1.83. The van der Waals surface area contributed by atoms with E-state index >= 15 is 0 Å². The summed E-state index contributed by atoms with van der Waals surface area (Å²) in [4.78, 5) is 4.16. The highest BCUT2D eigenvalue weighted by atomic mass is 35.5. The molecule has 0 saturated heterocycles. The summed E-state index contributed by atoms with van der Waals surface area (Å²) in [6.07, 6.45) is 1.65. The van der Waals surface area contributed by atoms with E-state index in [0.717, 1.165) is 11.3 Å². The van der Waals surface area contributed by atoms with Crippen LogP contribution >= 0.6 is 11.6 Å². The second kappa shape index (κ2) is 5.81. The Kier molecular flexibility index (Phi) is 4.31. The van der Waals surface area contributed by atoms with E-state index in [1.54, 1.807) is 12.3 Å². The van der Waals surface area contributed by atoms with Gasteiger partial charge in [0, 0.05) is 12.7 Å². The van der Waals surface area contributed by atoms with Crippen molar-refractivity contribution in [1.82, 2.24) is 4.98 Å². The fraction of sp³-hybridized carbons (Fsp3) is 0.312. The van der Waals surface area contributed by atoms with Crippen LogP contribution in [0.3, 0.4) is 0 Å². The van der Waals surface area contributed by atoms with Gasteiger partial charge in [-0.3, -0.25) is 0 Å². The summed E-state index contributed by atoms with van der Waals surface area (Å²) in [6.45, 7) is 6.84. The van der Waals surface area contributed by atoms with Gasteiger partial charge in [0.25, 0.3) is 0 Å². The first kappa shape index (κ1) is 14.8. The molecule has 1 aromatic carbocycles. The molecule has 0 atom stereocenters. The monoisotopic (exact) mass is 290 g/mol. The quantitative estimate of drug-likeness (QED) is 0.917. The molecule has 0 spiro atoms. The molecule has 0 unspecified atom stereocenters. The summed E-state index contributed by atoms with van der Waals surface area (Å²) < 4.78 is 5.79.